The molecule has 0 radical (unpaired) electrons. The summed E-state index contributed by atoms with van der Waals surface area (Å²) in [6.07, 6.45) is 1.78. The van der Waals surface area contributed by atoms with Gasteiger partial charge in [-0.3, -0.25) is 9.69 Å². The fourth-order valence-corrected chi connectivity index (χ4v) is 4.26. The molecule has 1 aliphatic rings. The van der Waals surface area contributed by atoms with Crippen molar-refractivity contribution in [1.82, 2.24) is 4.90 Å². The van der Waals surface area contributed by atoms with Crippen LogP contribution < -0.4 is 10.4 Å². The molecule has 0 spiro atoms. The van der Waals surface area contributed by atoms with Crippen molar-refractivity contribution in [1.29, 1.82) is 0 Å². The fraction of sp³-hybridized carbons (Fsp3) is 0.174. The molecule has 1 N–H and O–H groups in total. The van der Waals surface area contributed by atoms with Crippen LogP contribution >= 0.6 is 11.8 Å². The third kappa shape index (κ3) is 4.40. The number of thioether (sulfide) groups is 1. The number of nitrogens with zero attached hydrogens (tertiary/aromatic N) is 2. The molecule has 0 saturated carbocycles. The van der Waals surface area contributed by atoms with Crippen molar-refractivity contribution in [2.45, 2.75) is 6.92 Å². The summed E-state index contributed by atoms with van der Waals surface area (Å²) in [5, 5.41) is 10.7. The van der Waals surface area contributed by atoms with Gasteiger partial charge in [-0.2, -0.15) is 0 Å². The highest BCUT2D eigenvalue weighted by Gasteiger charge is 2.33. The van der Waals surface area contributed by atoms with E-state index in [2.05, 4.69) is 4.99 Å². The van der Waals surface area contributed by atoms with Crippen LogP contribution in [-0.2, 0) is 4.79 Å². The molecule has 8 heteroatoms. The van der Waals surface area contributed by atoms with Crippen LogP contribution in [0, 0.1) is 6.92 Å². The van der Waals surface area contributed by atoms with Gasteiger partial charge in [0.25, 0.3) is 5.91 Å². The van der Waals surface area contributed by atoms with E-state index in [-0.39, 0.29) is 19.1 Å². The van der Waals surface area contributed by atoms with E-state index in [1.165, 1.54) is 22.7 Å². The summed E-state index contributed by atoms with van der Waals surface area (Å²) in [7, 11) is 1.60. The van der Waals surface area contributed by atoms with Gasteiger partial charge in [-0.15, -0.1) is 0 Å². The highest BCUT2D eigenvalue weighted by Crippen LogP contribution is 2.34. The van der Waals surface area contributed by atoms with Crippen molar-refractivity contribution in [3.8, 4) is 5.75 Å². The third-order valence-electron chi connectivity index (χ3n) is 4.78. The Labute approximate surface area is 182 Å². The lowest BCUT2D eigenvalue weighted by atomic mass is 10.1. The van der Waals surface area contributed by atoms with Crippen molar-refractivity contribution in [3.63, 3.8) is 0 Å². The topological polar surface area (TPSA) is 92.3 Å². The van der Waals surface area contributed by atoms with Crippen molar-refractivity contribution < 1.29 is 19.1 Å². The van der Waals surface area contributed by atoms with E-state index in [0.717, 1.165) is 22.3 Å². The molecule has 1 aromatic heterocycles. The third-order valence-corrected chi connectivity index (χ3v) is 5.79. The van der Waals surface area contributed by atoms with Gasteiger partial charge in [-0.05, 0) is 60.2 Å². The molecule has 1 amide bonds. The van der Waals surface area contributed by atoms with Crippen molar-refractivity contribution >= 4 is 45.6 Å². The van der Waals surface area contributed by atoms with E-state index in [9.17, 15) is 14.7 Å². The van der Waals surface area contributed by atoms with Crippen LogP contribution in [0.1, 0.15) is 11.1 Å². The quantitative estimate of drug-likeness (QED) is 0.484. The first-order chi connectivity index (χ1) is 15.0. The van der Waals surface area contributed by atoms with Gasteiger partial charge >= 0.3 is 5.63 Å². The minimum absolute atomic E-state index is 0.131. The Hall–Kier alpha value is -3.36. The molecule has 31 heavy (non-hydrogen) atoms. The summed E-state index contributed by atoms with van der Waals surface area (Å²) in [5.74, 6) is 0.506. The number of fused-ring (bicyclic) bond motifs is 1. The lowest BCUT2D eigenvalue weighted by Gasteiger charge is -2.13. The van der Waals surface area contributed by atoms with E-state index in [1.807, 2.05) is 37.3 Å². The number of hydrogen-bond acceptors (Lipinski definition) is 7. The van der Waals surface area contributed by atoms with Gasteiger partial charge in [-0.1, -0.05) is 12.1 Å². The predicted molar refractivity (Wildman–Crippen MR) is 122 cm³/mol. The monoisotopic (exact) mass is 436 g/mol. The first-order valence-electron chi connectivity index (χ1n) is 9.58. The number of carbonyl (C=O) groups excluding carboxylic acids is 1. The smallest absolute Gasteiger partial charge is 0.336 e. The van der Waals surface area contributed by atoms with Crippen LogP contribution in [0.15, 0.2) is 67.6 Å². The highest BCUT2D eigenvalue weighted by molar-refractivity contribution is 8.18. The van der Waals surface area contributed by atoms with Gasteiger partial charge < -0.3 is 14.3 Å². The van der Waals surface area contributed by atoms with E-state index >= 15 is 0 Å². The number of aliphatic hydroxyl groups excluding tert-OH is 1. The van der Waals surface area contributed by atoms with Crippen LogP contribution in [-0.4, -0.2) is 41.3 Å². The van der Waals surface area contributed by atoms with Gasteiger partial charge in [0.15, 0.2) is 5.17 Å². The molecule has 2 heterocycles. The van der Waals surface area contributed by atoms with E-state index in [0.29, 0.717) is 21.3 Å². The molecule has 4 rings (SSSR count). The summed E-state index contributed by atoms with van der Waals surface area (Å²) in [6, 6.07) is 14.1. The number of aliphatic imine (C=N–C) groups is 1. The Morgan fingerprint density at radius 2 is 1.94 bits per heavy atom. The maximum atomic E-state index is 12.9. The molecule has 1 fully saturated rings. The Morgan fingerprint density at radius 1 is 1.16 bits per heavy atom. The van der Waals surface area contributed by atoms with Crippen molar-refractivity contribution in [3.05, 3.63) is 75.0 Å². The molecule has 0 aliphatic carbocycles. The highest BCUT2D eigenvalue weighted by atomic mass is 32.2. The van der Waals surface area contributed by atoms with Crippen LogP contribution in [0.5, 0.6) is 5.75 Å². The standard InChI is InChI=1S/C23H20N2O5S/c1-14-11-21(27)30-19-13-16(5-8-18(14)19)24-23-25(9-10-26)22(28)20(31-23)12-15-3-6-17(29-2)7-4-15/h3-8,11-13,26H,9-10H2,1-2H3/b20-12-,24-23?. The summed E-state index contributed by atoms with van der Waals surface area (Å²) in [6.45, 7) is 1.79. The molecule has 0 bridgehead atoms. The van der Waals surface area contributed by atoms with Crippen molar-refractivity contribution in [2.75, 3.05) is 20.3 Å². The number of aliphatic hydroxyl groups is 1. The minimum atomic E-state index is -0.424. The second kappa shape index (κ2) is 8.79. The first-order valence-corrected chi connectivity index (χ1v) is 10.4. The summed E-state index contributed by atoms with van der Waals surface area (Å²) < 4.78 is 10.5. The molecule has 7 nitrogen and oxygen atoms in total. The summed E-state index contributed by atoms with van der Waals surface area (Å²) >= 11 is 1.23. The maximum Gasteiger partial charge on any atom is 0.336 e. The molecular weight excluding hydrogens is 416 g/mol. The average molecular weight is 436 g/mol. The van der Waals surface area contributed by atoms with Gasteiger partial charge in [0.1, 0.15) is 11.3 Å². The van der Waals surface area contributed by atoms with Gasteiger partial charge in [-0.25, -0.2) is 9.79 Å². The van der Waals surface area contributed by atoms with Crippen LogP contribution in [0.3, 0.4) is 0 Å². The van der Waals surface area contributed by atoms with Crippen LogP contribution in [0.4, 0.5) is 5.69 Å². The molecule has 3 aromatic rings. The Morgan fingerprint density at radius 3 is 2.65 bits per heavy atom. The number of amidine groups is 1. The largest absolute Gasteiger partial charge is 0.497 e. The number of methoxy groups -OCH3 is 1. The second-order valence-corrected chi connectivity index (χ2v) is 7.90. The molecule has 2 aromatic carbocycles. The van der Waals surface area contributed by atoms with Gasteiger partial charge in [0, 0.05) is 17.5 Å². The molecule has 0 unspecified atom stereocenters. The number of amides is 1. The fourth-order valence-electron chi connectivity index (χ4n) is 3.23. The minimum Gasteiger partial charge on any atom is -0.497 e. The van der Waals surface area contributed by atoms with Crippen LogP contribution in [0.25, 0.3) is 17.0 Å². The second-order valence-electron chi connectivity index (χ2n) is 6.89. The molecule has 1 aliphatic heterocycles. The number of benzene rings is 2. The maximum absolute atomic E-state index is 12.9. The summed E-state index contributed by atoms with van der Waals surface area (Å²) in [5.41, 5.74) is 2.23. The number of β-amino-alcohol motifs (C(OH)–C–C–N with tert-alkyl or cyclic N) is 1. The molecule has 1 saturated heterocycles. The Bertz CT molecular complexity index is 1260. The Balaban J connectivity index is 1.69. The SMILES string of the molecule is COc1ccc(/C=C2\SC(=Nc3ccc4c(C)cc(=O)oc4c3)N(CCO)C2=O)cc1. The Kier molecular flexibility index (Phi) is 5.92. The summed E-state index contributed by atoms with van der Waals surface area (Å²) in [4.78, 5) is 31.1. The predicted octanol–water partition coefficient (Wildman–Crippen LogP) is 3.71. The zero-order valence-electron chi connectivity index (χ0n) is 17.0. The molecule has 0 atom stereocenters. The lowest BCUT2D eigenvalue weighted by molar-refractivity contribution is -0.122. The van der Waals surface area contributed by atoms with Gasteiger partial charge in [0.2, 0.25) is 0 Å². The van der Waals surface area contributed by atoms with Gasteiger partial charge in [0.05, 0.1) is 30.9 Å². The number of hydrogen-bond donors (Lipinski definition) is 1. The number of ether oxygens (including phenoxy) is 1. The van der Waals surface area contributed by atoms with Crippen LogP contribution in [0.2, 0.25) is 0 Å². The number of carbonyl (C=O) groups is 1. The number of rotatable bonds is 5. The number of aryl methyl sites for hydroxylation is 1. The average Bonchev–Trinajstić information content (AvgIpc) is 3.03. The lowest BCUT2D eigenvalue weighted by Crippen LogP contribution is -2.31. The zero-order chi connectivity index (χ0) is 22.0. The molecule has 158 valence electrons. The zero-order valence-corrected chi connectivity index (χ0v) is 17.8. The van der Waals surface area contributed by atoms with Crippen molar-refractivity contribution in [2.24, 2.45) is 4.99 Å². The van der Waals surface area contributed by atoms with E-state index < -0.39 is 5.63 Å². The van der Waals surface area contributed by atoms with E-state index in [1.54, 1.807) is 25.3 Å². The molecular formula is C23H20N2O5S. The van der Waals surface area contributed by atoms with E-state index in [4.69, 9.17) is 9.15 Å². The first kappa shape index (κ1) is 20.9. The normalized spacial score (nSPS) is 16.6.